The quantitative estimate of drug-likeness (QED) is 0.825. The molecule has 1 atom stereocenters. The third-order valence-corrected chi connectivity index (χ3v) is 4.05. The summed E-state index contributed by atoms with van der Waals surface area (Å²) in [6.45, 7) is 0. The SMILES string of the molecule is N[C@H](c1cc(Cl)ccc1Cl)C1CCCCC1. The van der Waals surface area contributed by atoms with E-state index in [4.69, 9.17) is 28.9 Å². The summed E-state index contributed by atoms with van der Waals surface area (Å²) in [6, 6.07) is 5.58. The number of nitrogens with two attached hydrogens (primary N) is 1. The van der Waals surface area contributed by atoms with Crippen molar-refractivity contribution in [3.8, 4) is 0 Å². The Hall–Kier alpha value is -0.240. The largest absolute Gasteiger partial charge is 0.324 e. The van der Waals surface area contributed by atoms with Crippen LogP contribution in [0.5, 0.6) is 0 Å². The van der Waals surface area contributed by atoms with Crippen molar-refractivity contribution in [2.24, 2.45) is 11.7 Å². The summed E-state index contributed by atoms with van der Waals surface area (Å²) in [6.07, 6.45) is 6.34. The molecule has 2 rings (SSSR count). The van der Waals surface area contributed by atoms with E-state index in [-0.39, 0.29) is 6.04 Å². The number of hydrogen-bond acceptors (Lipinski definition) is 1. The fraction of sp³-hybridized carbons (Fsp3) is 0.538. The maximum atomic E-state index is 6.30. The van der Waals surface area contributed by atoms with Crippen molar-refractivity contribution in [2.75, 3.05) is 0 Å². The van der Waals surface area contributed by atoms with Crippen LogP contribution in [0.3, 0.4) is 0 Å². The summed E-state index contributed by atoms with van der Waals surface area (Å²) >= 11 is 12.2. The molecule has 0 aromatic heterocycles. The second-order valence-electron chi connectivity index (χ2n) is 4.59. The van der Waals surface area contributed by atoms with Gasteiger partial charge in [0.1, 0.15) is 0 Å². The average molecular weight is 258 g/mol. The molecule has 0 saturated heterocycles. The zero-order chi connectivity index (χ0) is 11.5. The van der Waals surface area contributed by atoms with Gasteiger partial charge in [0, 0.05) is 16.1 Å². The van der Waals surface area contributed by atoms with Crippen LogP contribution in [-0.2, 0) is 0 Å². The van der Waals surface area contributed by atoms with E-state index in [9.17, 15) is 0 Å². The van der Waals surface area contributed by atoms with Crippen LogP contribution >= 0.6 is 23.2 Å². The van der Waals surface area contributed by atoms with E-state index in [1.807, 2.05) is 12.1 Å². The molecule has 1 aromatic rings. The summed E-state index contributed by atoms with van der Waals surface area (Å²) in [5.41, 5.74) is 7.30. The molecule has 0 radical (unpaired) electrons. The monoisotopic (exact) mass is 257 g/mol. The standard InChI is InChI=1S/C13H17Cl2N/c14-10-6-7-12(15)11(8-10)13(16)9-4-2-1-3-5-9/h6-9,13H,1-5,16H2/t13-/m0/s1. The van der Waals surface area contributed by atoms with E-state index < -0.39 is 0 Å². The van der Waals surface area contributed by atoms with E-state index in [1.165, 1.54) is 32.1 Å². The molecule has 88 valence electrons. The van der Waals surface area contributed by atoms with Crippen LogP contribution in [0.25, 0.3) is 0 Å². The molecule has 1 fully saturated rings. The van der Waals surface area contributed by atoms with E-state index >= 15 is 0 Å². The first-order chi connectivity index (χ1) is 7.68. The van der Waals surface area contributed by atoms with Crippen LogP contribution in [0.2, 0.25) is 10.0 Å². The second kappa shape index (κ2) is 5.39. The van der Waals surface area contributed by atoms with Gasteiger partial charge in [0.15, 0.2) is 0 Å². The van der Waals surface area contributed by atoms with Gasteiger partial charge >= 0.3 is 0 Å². The van der Waals surface area contributed by atoms with Crippen molar-refractivity contribution in [3.63, 3.8) is 0 Å². The van der Waals surface area contributed by atoms with Gasteiger partial charge in [-0.15, -0.1) is 0 Å². The normalized spacial score (nSPS) is 19.7. The molecule has 2 N–H and O–H groups in total. The lowest BCUT2D eigenvalue weighted by atomic mass is 9.81. The molecule has 3 heteroatoms. The lowest BCUT2D eigenvalue weighted by Gasteiger charge is -2.28. The van der Waals surface area contributed by atoms with Gasteiger partial charge in [-0.3, -0.25) is 0 Å². The van der Waals surface area contributed by atoms with Gasteiger partial charge in [-0.1, -0.05) is 42.5 Å². The number of benzene rings is 1. The van der Waals surface area contributed by atoms with Crippen molar-refractivity contribution in [1.82, 2.24) is 0 Å². The molecule has 16 heavy (non-hydrogen) atoms. The second-order valence-corrected chi connectivity index (χ2v) is 5.43. The lowest BCUT2D eigenvalue weighted by molar-refractivity contribution is 0.308. The maximum Gasteiger partial charge on any atom is 0.0454 e. The Labute approximate surface area is 107 Å². The minimum Gasteiger partial charge on any atom is -0.324 e. The van der Waals surface area contributed by atoms with E-state index in [0.717, 1.165) is 10.6 Å². The number of halogens is 2. The molecular weight excluding hydrogens is 241 g/mol. The smallest absolute Gasteiger partial charge is 0.0454 e. The van der Waals surface area contributed by atoms with Gasteiger partial charge in [-0.05, 0) is 42.5 Å². The highest BCUT2D eigenvalue weighted by molar-refractivity contribution is 6.33. The predicted molar refractivity (Wildman–Crippen MR) is 70.0 cm³/mol. The Morgan fingerprint density at radius 2 is 1.81 bits per heavy atom. The van der Waals surface area contributed by atoms with Crippen molar-refractivity contribution < 1.29 is 0 Å². The lowest BCUT2D eigenvalue weighted by Crippen LogP contribution is -2.23. The minimum absolute atomic E-state index is 0.0338. The fourth-order valence-electron chi connectivity index (χ4n) is 2.52. The van der Waals surface area contributed by atoms with Gasteiger partial charge in [0.25, 0.3) is 0 Å². The third kappa shape index (κ3) is 2.71. The van der Waals surface area contributed by atoms with Gasteiger partial charge in [0.2, 0.25) is 0 Å². The first kappa shape index (κ1) is 12.2. The van der Waals surface area contributed by atoms with Crippen LogP contribution in [0.15, 0.2) is 18.2 Å². The van der Waals surface area contributed by atoms with E-state index in [2.05, 4.69) is 0 Å². The zero-order valence-electron chi connectivity index (χ0n) is 9.26. The highest BCUT2D eigenvalue weighted by Crippen LogP contribution is 2.36. The van der Waals surface area contributed by atoms with Gasteiger partial charge in [0.05, 0.1) is 0 Å². The van der Waals surface area contributed by atoms with Gasteiger partial charge in [-0.2, -0.15) is 0 Å². The van der Waals surface area contributed by atoms with Crippen LogP contribution in [0.1, 0.15) is 43.7 Å². The highest BCUT2D eigenvalue weighted by atomic mass is 35.5. The Kier molecular flexibility index (Phi) is 4.12. The Balaban J connectivity index is 2.18. The van der Waals surface area contributed by atoms with Crippen molar-refractivity contribution in [2.45, 2.75) is 38.1 Å². The third-order valence-electron chi connectivity index (χ3n) is 3.47. The highest BCUT2D eigenvalue weighted by Gasteiger charge is 2.23. The van der Waals surface area contributed by atoms with Crippen LogP contribution < -0.4 is 5.73 Å². The Morgan fingerprint density at radius 1 is 1.12 bits per heavy atom. The van der Waals surface area contributed by atoms with Crippen molar-refractivity contribution >= 4 is 23.2 Å². The number of hydrogen-bond donors (Lipinski definition) is 1. The average Bonchev–Trinajstić information content (AvgIpc) is 2.32. The van der Waals surface area contributed by atoms with Crippen molar-refractivity contribution in [3.05, 3.63) is 33.8 Å². The predicted octanol–water partition coefficient (Wildman–Crippen LogP) is 4.57. The molecule has 1 aliphatic rings. The first-order valence-corrected chi connectivity index (χ1v) is 6.64. The minimum atomic E-state index is 0.0338. The van der Waals surface area contributed by atoms with Crippen LogP contribution in [0.4, 0.5) is 0 Å². The summed E-state index contributed by atoms with van der Waals surface area (Å²) < 4.78 is 0. The van der Waals surface area contributed by atoms with Crippen LogP contribution in [0, 0.1) is 5.92 Å². The molecule has 0 unspecified atom stereocenters. The molecule has 0 bridgehead atoms. The summed E-state index contributed by atoms with van der Waals surface area (Å²) in [5.74, 6) is 0.560. The van der Waals surface area contributed by atoms with Crippen LogP contribution in [-0.4, -0.2) is 0 Å². The number of rotatable bonds is 2. The van der Waals surface area contributed by atoms with Gasteiger partial charge < -0.3 is 5.73 Å². The molecule has 0 spiro atoms. The summed E-state index contributed by atoms with van der Waals surface area (Å²) in [5, 5.41) is 1.45. The fourth-order valence-corrected chi connectivity index (χ4v) is 2.94. The topological polar surface area (TPSA) is 26.0 Å². The molecule has 0 heterocycles. The Morgan fingerprint density at radius 3 is 2.50 bits per heavy atom. The molecule has 1 aromatic carbocycles. The Bertz CT molecular complexity index is 359. The molecule has 1 nitrogen and oxygen atoms in total. The maximum absolute atomic E-state index is 6.30. The molecule has 1 saturated carbocycles. The van der Waals surface area contributed by atoms with Gasteiger partial charge in [-0.25, -0.2) is 0 Å². The summed E-state index contributed by atoms with van der Waals surface area (Å²) in [7, 11) is 0. The van der Waals surface area contributed by atoms with E-state index in [1.54, 1.807) is 6.07 Å². The van der Waals surface area contributed by atoms with Crippen molar-refractivity contribution in [1.29, 1.82) is 0 Å². The first-order valence-electron chi connectivity index (χ1n) is 5.89. The molecule has 1 aliphatic carbocycles. The summed E-state index contributed by atoms with van der Waals surface area (Å²) in [4.78, 5) is 0. The molecular formula is C13H17Cl2N. The van der Waals surface area contributed by atoms with E-state index in [0.29, 0.717) is 10.9 Å². The zero-order valence-corrected chi connectivity index (χ0v) is 10.8. The molecule has 0 aliphatic heterocycles. The molecule has 0 amide bonds.